The Balaban J connectivity index is 1.94. The summed E-state index contributed by atoms with van der Waals surface area (Å²) in [4.78, 5) is 23.9. The normalized spacial score (nSPS) is 11.4. The fourth-order valence-electron chi connectivity index (χ4n) is 2.83. The Morgan fingerprint density at radius 2 is 1.15 bits per heavy atom. The molecule has 0 aliphatic rings. The van der Waals surface area contributed by atoms with E-state index in [1.165, 1.54) is 11.1 Å². The second-order valence-electron chi connectivity index (χ2n) is 8.13. The molecule has 0 saturated carbocycles. The molecule has 26 heavy (non-hydrogen) atoms. The molecular formula is C24H30O2. The molecule has 0 amide bonds. The van der Waals surface area contributed by atoms with Gasteiger partial charge in [-0.15, -0.1) is 0 Å². The molecule has 0 saturated heterocycles. The predicted octanol–water partition coefficient (Wildman–Crippen LogP) is 5.35. The van der Waals surface area contributed by atoms with E-state index in [1.54, 1.807) is 0 Å². The van der Waals surface area contributed by atoms with Crippen LogP contribution >= 0.6 is 0 Å². The third kappa shape index (κ3) is 6.25. The molecule has 0 unspecified atom stereocenters. The number of ketones is 2. The van der Waals surface area contributed by atoms with Gasteiger partial charge in [-0.2, -0.15) is 0 Å². The van der Waals surface area contributed by atoms with Crippen LogP contribution in [0.1, 0.15) is 62.8 Å². The topological polar surface area (TPSA) is 34.1 Å². The first kappa shape index (κ1) is 20.1. The first-order valence-corrected chi connectivity index (χ1v) is 9.48. The van der Waals surface area contributed by atoms with Crippen molar-refractivity contribution in [2.45, 2.75) is 59.8 Å². The molecule has 2 aromatic rings. The van der Waals surface area contributed by atoms with Crippen molar-refractivity contribution in [1.82, 2.24) is 0 Å². The molecule has 0 radical (unpaired) electrons. The second kappa shape index (κ2) is 8.93. The van der Waals surface area contributed by atoms with Gasteiger partial charge in [0.2, 0.25) is 0 Å². The molecule has 0 aromatic heterocycles. The Morgan fingerprint density at radius 3 is 1.58 bits per heavy atom. The van der Waals surface area contributed by atoms with Gasteiger partial charge in [-0.1, -0.05) is 76.2 Å². The number of carbonyl (C=O) groups excluding carboxylic acids is 2. The lowest BCUT2D eigenvalue weighted by Crippen LogP contribution is -2.22. The lowest BCUT2D eigenvalue weighted by Gasteiger charge is -2.16. The SMILES string of the molecule is CCCC(=O)Cc1ccc(Cc2ccc(CC(=O)C(C)(C)C)cc2)cc1. The van der Waals surface area contributed by atoms with Crippen molar-refractivity contribution in [2.24, 2.45) is 5.41 Å². The van der Waals surface area contributed by atoms with E-state index in [-0.39, 0.29) is 11.2 Å². The number of hydrogen-bond acceptors (Lipinski definition) is 2. The summed E-state index contributed by atoms with van der Waals surface area (Å²) in [6.45, 7) is 7.92. The lowest BCUT2D eigenvalue weighted by atomic mass is 9.87. The minimum atomic E-state index is -0.293. The molecule has 0 N–H and O–H groups in total. The maximum Gasteiger partial charge on any atom is 0.142 e. The predicted molar refractivity (Wildman–Crippen MR) is 107 cm³/mol. The zero-order valence-corrected chi connectivity index (χ0v) is 16.5. The van der Waals surface area contributed by atoms with Gasteiger partial charge >= 0.3 is 0 Å². The molecule has 0 spiro atoms. The molecule has 0 atom stereocenters. The number of Topliss-reactive ketones (excluding diaryl/α,β-unsaturated/α-hetero) is 2. The van der Waals surface area contributed by atoms with Crippen LogP contribution in [-0.2, 0) is 28.9 Å². The highest BCUT2D eigenvalue weighted by molar-refractivity contribution is 5.85. The highest BCUT2D eigenvalue weighted by Crippen LogP contribution is 2.19. The van der Waals surface area contributed by atoms with E-state index in [1.807, 2.05) is 27.7 Å². The number of benzene rings is 2. The molecule has 0 heterocycles. The summed E-state index contributed by atoms with van der Waals surface area (Å²) in [6, 6.07) is 16.6. The summed E-state index contributed by atoms with van der Waals surface area (Å²) in [6.07, 6.45) is 3.45. The first-order chi connectivity index (χ1) is 12.3. The monoisotopic (exact) mass is 350 g/mol. The Kier molecular flexibility index (Phi) is 6.90. The van der Waals surface area contributed by atoms with Gasteiger partial charge in [0.05, 0.1) is 0 Å². The maximum atomic E-state index is 12.1. The van der Waals surface area contributed by atoms with Gasteiger partial charge in [0.15, 0.2) is 0 Å². The van der Waals surface area contributed by atoms with Gasteiger partial charge in [-0.05, 0) is 35.1 Å². The third-order valence-corrected chi connectivity index (χ3v) is 4.59. The molecule has 0 aliphatic heterocycles. The van der Waals surface area contributed by atoms with Crippen LogP contribution in [0, 0.1) is 5.41 Å². The van der Waals surface area contributed by atoms with Gasteiger partial charge in [-0.3, -0.25) is 9.59 Å². The molecule has 2 aromatic carbocycles. The average molecular weight is 351 g/mol. The van der Waals surface area contributed by atoms with Crippen LogP contribution < -0.4 is 0 Å². The Labute approximate surface area is 157 Å². The molecule has 0 fully saturated rings. The first-order valence-electron chi connectivity index (χ1n) is 9.48. The van der Waals surface area contributed by atoms with Gasteiger partial charge in [0.1, 0.15) is 11.6 Å². The summed E-state index contributed by atoms with van der Waals surface area (Å²) < 4.78 is 0. The van der Waals surface area contributed by atoms with Crippen molar-refractivity contribution >= 4 is 11.6 Å². The van der Waals surface area contributed by atoms with E-state index in [2.05, 4.69) is 48.5 Å². The van der Waals surface area contributed by atoms with Crippen molar-refractivity contribution in [1.29, 1.82) is 0 Å². The third-order valence-electron chi connectivity index (χ3n) is 4.59. The Bertz CT molecular complexity index is 731. The van der Waals surface area contributed by atoms with E-state index < -0.39 is 0 Å². The molecule has 0 aliphatic carbocycles. The van der Waals surface area contributed by atoms with Crippen LogP contribution in [0.5, 0.6) is 0 Å². The second-order valence-corrected chi connectivity index (χ2v) is 8.13. The van der Waals surface area contributed by atoms with E-state index in [4.69, 9.17) is 0 Å². The smallest absolute Gasteiger partial charge is 0.142 e. The van der Waals surface area contributed by atoms with E-state index in [0.717, 1.165) is 24.0 Å². The van der Waals surface area contributed by atoms with Crippen LogP contribution in [0.15, 0.2) is 48.5 Å². The molecule has 2 nitrogen and oxygen atoms in total. The molecule has 2 rings (SSSR count). The zero-order valence-electron chi connectivity index (χ0n) is 16.5. The van der Waals surface area contributed by atoms with Crippen molar-refractivity contribution in [3.63, 3.8) is 0 Å². The fraction of sp³-hybridized carbons (Fsp3) is 0.417. The lowest BCUT2D eigenvalue weighted by molar-refractivity contribution is -0.125. The Hall–Kier alpha value is -2.22. The Morgan fingerprint density at radius 1 is 0.731 bits per heavy atom. The summed E-state index contributed by atoms with van der Waals surface area (Å²) in [5.41, 5.74) is 4.32. The van der Waals surface area contributed by atoms with Gasteiger partial charge in [0, 0.05) is 24.7 Å². The largest absolute Gasteiger partial charge is 0.299 e. The highest BCUT2D eigenvalue weighted by Gasteiger charge is 2.20. The van der Waals surface area contributed by atoms with Crippen molar-refractivity contribution in [2.75, 3.05) is 0 Å². The van der Waals surface area contributed by atoms with Crippen molar-refractivity contribution in [3.05, 3.63) is 70.8 Å². The number of hydrogen-bond donors (Lipinski definition) is 0. The molecule has 2 heteroatoms. The fourth-order valence-corrected chi connectivity index (χ4v) is 2.83. The van der Waals surface area contributed by atoms with Crippen LogP contribution in [-0.4, -0.2) is 11.6 Å². The summed E-state index contributed by atoms with van der Waals surface area (Å²) in [5, 5.41) is 0. The number of rotatable bonds is 8. The van der Waals surface area contributed by atoms with Crippen LogP contribution in [0.3, 0.4) is 0 Å². The van der Waals surface area contributed by atoms with Crippen LogP contribution in [0.25, 0.3) is 0 Å². The van der Waals surface area contributed by atoms with Crippen molar-refractivity contribution in [3.8, 4) is 0 Å². The molecule has 138 valence electrons. The molecule has 0 bridgehead atoms. The maximum absolute atomic E-state index is 12.1. The minimum Gasteiger partial charge on any atom is -0.299 e. The zero-order chi connectivity index (χ0) is 19.2. The van der Waals surface area contributed by atoms with E-state index in [9.17, 15) is 9.59 Å². The van der Waals surface area contributed by atoms with Gasteiger partial charge in [0.25, 0.3) is 0 Å². The summed E-state index contributed by atoms with van der Waals surface area (Å²) in [7, 11) is 0. The number of carbonyl (C=O) groups is 2. The summed E-state index contributed by atoms with van der Waals surface area (Å²) >= 11 is 0. The molecular weight excluding hydrogens is 320 g/mol. The highest BCUT2D eigenvalue weighted by atomic mass is 16.1. The average Bonchev–Trinajstić information content (AvgIpc) is 2.58. The van der Waals surface area contributed by atoms with Crippen LogP contribution in [0.4, 0.5) is 0 Å². The van der Waals surface area contributed by atoms with Crippen molar-refractivity contribution < 1.29 is 9.59 Å². The summed E-state index contributed by atoms with van der Waals surface area (Å²) in [5.74, 6) is 0.569. The van der Waals surface area contributed by atoms with E-state index in [0.29, 0.717) is 25.0 Å². The van der Waals surface area contributed by atoms with Crippen LogP contribution in [0.2, 0.25) is 0 Å². The minimum absolute atomic E-state index is 0.262. The van der Waals surface area contributed by atoms with Gasteiger partial charge in [-0.25, -0.2) is 0 Å². The van der Waals surface area contributed by atoms with E-state index >= 15 is 0 Å². The van der Waals surface area contributed by atoms with Gasteiger partial charge < -0.3 is 0 Å². The quantitative estimate of drug-likeness (QED) is 0.643. The standard InChI is InChI=1S/C24H30O2/c1-5-6-22(25)16-20-11-7-18(8-12-20)15-19-9-13-21(14-10-19)17-23(26)24(2,3)4/h7-14H,5-6,15-17H2,1-4H3.